The van der Waals surface area contributed by atoms with E-state index in [0.717, 1.165) is 37.4 Å². The predicted molar refractivity (Wildman–Crippen MR) is 103 cm³/mol. The van der Waals surface area contributed by atoms with Crippen LogP contribution in [0.15, 0.2) is 12.1 Å². The monoisotopic (exact) mass is 362 g/mol. The Balaban J connectivity index is 1.61. The average Bonchev–Trinajstić information content (AvgIpc) is 2.58. The molecule has 7 heteroatoms. The number of piperidine rings is 1. The van der Waals surface area contributed by atoms with Crippen LogP contribution in [0, 0.1) is 22.5 Å². The lowest BCUT2D eigenvalue weighted by Crippen LogP contribution is -2.61. The van der Waals surface area contributed by atoms with Crippen molar-refractivity contribution in [3.63, 3.8) is 0 Å². The van der Waals surface area contributed by atoms with Crippen LogP contribution >= 0.6 is 0 Å². The van der Waals surface area contributed by atoms with E-state index in [9.17, 15) is 10.1 Å². The number of benzene rings is 1. The van der Waals surface area contributed by atoms with Gasteiger partial charge in [0.25, 0.3) is 0 Å². The maximum atomic E-state index is 11.2. The molecule has 0 aromatic heterocycles. The highest BCUT2D eigenvalue weighted by Gasteiger charge is 2.44. The number of nitrogens with zero attached hydrogens (tertiary/aromatic N) is 4. The highest BCUT2D eigenvalue weighted by atomic mass is 16.6. The van der Waals surface area contributed by atoms with Gasteiger partial charge in [0, 0.05) is 57.1 Å². The number of aryl methyl sites for hydroxylation is 1. The molecule has 2 fully saturated rings. The van der Waals surface area contributed by atoms with Gasteiger partial charge in [-0.05, 0) is 44.8 Å². The summed E-state index contributed by atoms with van der Waals surface area (Å²) < 4.78 is 5.25. The van der Waals surface area contributed by atoms with E-state index < -0.39 is 0 Å². The van der Waals surface area contributed by atoms with Crippen LogP contribution < -0.4 is 9.64 Å². The molecule has 0 bridgehead atoms. The van der Waals surface area contributed by atoms with Gasteiger partial charge in [0.1, 0.15) is 0 Å². The van der Waals surface area contributed by atoms with E-state index >= 15 is 0 Å². The average molecular weight is 362 g/mol. The first-order valence-corrected chi connectivity index (χ1v) is 9.29. The van der Waals surface area contributed by atoms with Crippen molar-refractivity contribution < 1.29 is 9.66 Å². The number of rotatable bonds is 6. The molecule has 0 aliphatic carbocycles. The number of likely N-dealkylation sites (tertiary alicyclic amines) is 1. The highest BCUT2D eigenvalue weighted by Crippen LogP contribution is 2.43. The molecule has 2 saturated heterocycles. The minimum absolute atomic E-state index is 0.0396. The van der Waals surface area contributed by atoms with Crippen LogP contribution in [-0.4, -0.2) is 75.2 Å². The van der Waals surface area contributed by atoms with Crippen molar-refractivity contribution in [1.29, 1.82) is 0 Å². The van der Waals surface area contributed by atoms with Crippen molar-refractivity contribution >= 4 is 11.4 Å². The molecule has 0 N–H and O–H groups in total. The molecule has 0 unspecified atom stereocenters. The normalized spacial score (nSPS) is 19.7. The number of likely N-dealkylation sites (N-methyl/N-ethyl adjacent to an activating group) is 1. The Kier molecular flexibility index (Phi) is 5.39. The maximum absolute atomic E-state index is 11.2. The number of ether oxygens (including phenoxy) is 1. The topological polar surface area (TPSA) is 62.1 Å². The first kappa shape index (κ1) is 18.9. The summed E-state index contributed by atoms with van der Waals surface area (Å²) in [6.07, 6.45) is 2.37. The first-order chi connectivity index (χ1) is 12.3. The largest absolute Gasteiger partial charge is 0.490 e. The molecule has 1 aromatic rings. The van der Waals surface area contributed by atoms with Crippen LogP contribution in [0.5, 0.6) is 5.75 Å². The number of nitro groups is 1. The van der Waals surface area contributed by atoms with Crippen molar-refractivity contribution in [3.8, 4) is 5.75 Å². The van der Waals surface area contributed by atoms with Gasteiger partial charge in [-0.15, -0.1) is 0 Å². The van der Waals surface area contributed by atoms with Gasteiger partial charge in [-0.3, -0.25) is 10.1 Å². The smallest absolute Gasteiger partial charge is 0.311 e. The highest BCUT2D eigenvalue weighted by molar-refractivity contribution is 5.64. The van der Waals surface area contributed by atoms with E-state index in [1.807, 2.05) is 13.0 Å². The zero-order chi connectivity index (χ0) is 18.9. The second kappa shape index (κ2) is 7.40. The maximum Gasteiger partial charge on any atom is 0.311 e. The molecule has 3 rings (SSSR count). The lowest BCUT2D eigenvalue weighted by Gasteiger charge is -2.54. The minimum Gasteiger partial charge on any atom is -0.490 e. The summed E-state index contributed by atoms with van der Waals surface area (Å²) in [6.45, 7) is 8.63. The Labute approximate surface area is 155 Å². The summed E-state index contributed by atoms with van der Waals surface area (Å²) in [7, 11) is 5.73. The van der Waals surface area contributed by atoms with Gasteiger partial charge >= 0.3 is 5.69 Å². The molecule has 26 heavy (non-hydrogen) atoms. The molecule has 2 aliphatic rings. The van der Waals surface area contributed by atoms with E-state index in [4.69, 9.17) is 4.74 Å². The van der Waals surface area contributed by atoms with E-state index in [0.29, 0.717) is 11.2 Å². The summed E-state index contributed by atoms with van der Waals surface area (Å²) >= 11 is 0. The quantitative estimate of drug-likeness (QED) is 0.572. The summed E-state index contributed by atoms with van der Waals surface area (Å²) in [5, 5.41) is 11.2. The van der Waals surface area contributed by atoms with Gasteiger partial charge in [0.15, 0.2) is 5.75 Å². The summed E-state index contributed by atoms with van der Waals surface area (Å²) in [5.74, 6) is 0.342. The van der Waals surface area contributed by atoms with E-state index in [1.54, 1.807) is 6.07 Å². The third-order valence-corrected chi connectivity index (χ3v) is 5.84. The molecule has 1 spiro atoms. The number of nitro benzene ring substituents is 1. The van der Waals surface area contributed by atoms with Crippen LogP contribution in [0.3, 0.4) is 0 Å². The van der Waals surface area contributed by atoms with Crippen LogP contribution in [0.25, 0.3) is 0 Å². The molecule has 0 radical (unpaired) electrons. The fourth-order valence-corrected chi connectivity index (χ4v) is 4.25. The molecule has 0 atom stereocenters. The van der Waals surface area contributed by atoms with Crippen LogP contribution in [0.4, 0.5) is 11.4 Å². The number of hydrogen-bond donors (Lipinski definition) is 0. The molecule has 1 aromatic carbocycles. The fraction of sp³-hybridized carbons (Fsp3) is 0.684. The molecular weight excluding hydrogens is 332 g/mol. The Morgan fingerprint density at radius 1 is 1.27 bits per heavy atom. The van der Waals surface area contributed by atoms with Crippen LogP contribution in [0.1, 0.15) is 18.4 Å². The third-order valence-electron chi connectivity index (χ3n) is 5.84. The molecule has 0 amide bonds. The molecule has 2 aliphatic heterocycles. The fourth-order valence-electron chi connectivity index (χ4n) is 4.25. The SMILES string of the molecule is COc1cc(N2CCC3(CC2)CN(CCN(C)C)C3)c(C)cc1[N+](=O)[O-]. The van der Waals surface area contributed by atoms with Crippen molar-refractivity contribution in [2.75, 3.05) is 65.4 Å². The van der Waals surface area contributed by atoms with Crippen molar-refractivity contribution in [2.24, 2.45) is 5.41 Å². The zero-order valence-electron chi connectivity index (χ0n) is 16.3. The Bertz CT molecular complexity index is 661. The lowest BCUT2D eigenvalue weighted by molar-refractivity contribution is -0.385. The van der Waals surface area contributed by atoms with Gasteiger partial charge in [0.2, 0.25) is 0 Å². The minimum atomic E-state index is -0.377. The van der Waals surface area contributed by atoms with Gasteiger partial charge in [-0.2, -0.15) is 0 Å². The summed E-state index contributed by atoms with van der Waals surface area (Å²) in [6, 6.07) is 3.46. The summed E-state index contributed by atoms with van der Waals surface area (Å²) in [4.78, 5) is 17.9. The molecule has 7 nitrogen and oxygen atoms in total. The van der Waals surface area contributed by atoms with Crippen molar-refractivity contribution in [3.05, 3.63) is 27.8 Å². The second-order valence-corrected chi connectivity index (χ2v) is 8.07. The van der Waals surface area contributed by atoms with Gasteiger partial charge in [-0.1, -0.05) is 0 Å². The molecular formula is C19H30N4O3. The second-order valence-electron chi connectivity index (χ2n) is 8.07. The van der Waals surface area contributed by atoms with Gasteiger partial charge < -0.3 is 19.4 Å². The van der Waals surface area contributed by atoms with Crippen molar-refractivity contribution in [1.82, 2.24) is 9.80 Å². The zero-order valence-corrected chi connectivity index (χ0v) is 16.3. The number of hydrogen-bond acceptors (Lipinski definition) is 6. The predicted octanol–water partition coefficient (Wildman–Crippen LogP) is 2.38. The molecule has 144 valence electrons. The van der Waals surface area contributed by atoms with Gasteiger partial charge in [0.05, 0.1) is 12.0 Å². The molecule has 2 heterocycles. The van der Waals surface area contributed by atoms with E-state index in [2.05, 4.69) is 28.8 Å². The van der Waals surface area contributed by atoms with Crippen molar-refractivity contribution in [2.45, 2.75) is 19.8 Å². The Morgan fingerprint density at radius 3 is 2.46 bits per heavy atom. The van der Waals surface area contributed by atoms with E-state index in [1.165, 1.54) is 33.0 Å². The van der Waals surface area contributed by atoms with Gasteiger partial charge in [-0.25, -0.2) is 0 Å². The number of methoxy groups -OCH3 is 1. The first-order valence-electron chi connectivity index (χ1n) is 9.29. The Morgan fingerprint density at radius 2 is 1.92 bits per heavy atom. The third kappa shape index (κ3) is 3.78. The van der Waals surface area contributed by atoms with Crippen LogP contribution in [-0.2, 0) is 0 Å². The summed E-state index contributed by atoms with van der Waals surface area (Å²) in [5.41, 5.74) is 2.51. The van der Waals surface area contributed by atoms with E-state index in [-0.39, 0.29) is 10.6 Å². The number of anilines is 1. The standard InChI is InChI=1S/C19H30N4O3/c1-15-11-17(23(24)25)18(26-4)12-16(15)22-7-5-19(6-8-22)13-21(14-19)10-9-20(2)3/h11-12H,5-10,13-14H2,1-4H3. The Hall–Kier alpha value is -1.86. The molecule has 0 saturated carbocycles. The van der Waals surface area contributed by atoms with Crippen LogP contribution in [0.2, 0.25) is 0 Å². The lowest BCUT2D eigenvalue weighted by atomic mass is 9.72.